The lowest BCUT2D eigenvalue weighted by Crippen LogP contribution is -2.32. The van der Waals surface area contributed by atoms with E-state index in [1.165, 1.54) is 6.07 Å². The second-order valence-corrected chi connectivity index (χ2v) is 4.95. The van der Waals surface area contributed by atoms with Crippen LogP contribution in [0.3, 0.4) is 0 Å². The van der Waals surface area contributed by atoms with E-state index in [1.807, 2.05) is 0 Å². The standard InChI is InChI=1S/C14H19F2NO/c1-18-12-5-4-10(13(15)16)8-11(12)14(9-17)6-2-3-7-14/h4-5,8,13H,2-3,6-7,9,17H2,1H3. The second kappa shape index (κ2) is 5.22. The summed E-state index contributed by atoms with van der Waals surface area (Å²) >= 11 is 0. The molecular weight excluding hydrogens is 236 g/mol. The smallest absolute Gasteiger partial charge is 0.263 e. The van der Waals surface area contributed by atoms with Gasteiger partial charge in [-0.1, -0.05) is 12.8 Å². The predicted octanol–water partition coefficient (Wildman–Crippen LogP) is 3.40. The molecule has 0 radical (unpaired) electrons. The Balaban J connectivity index is 2.48. The zero-order chi connectivity index (χ0) is 13.2. The van der Waals surface area contributed by atoms with Gasteiger partial charge in [-0.25, -0.2) is 8.78 Å². The highest BCUT2D eigenvalue weighted by Crippen LogP contribution is 2.45. The number of hydrogen-bond donors (Lipinski definition) is 1. The molecule has 0 unspecified atom stereocenters. The lowest BCUT2D eigenvalue weighted by molar-refractivity contribution is 0.151. The molecule has 0 saturated heterocycles. The van der Waals surface area contributed by atoms with E-state index in [0.717, 1.165) is 31.2 Å². The van der Waals surface area contributed by atoms with Crippen molar-refractivity contribution in [2.45, 2.75) is 37.5 Å². The molecule has 100 valence electrons. The minimum Gasteiger partial charge on any atom is -0.496 e. The third-order valence-electron chi connectivity index (χ3n) is 4.00. The summed E-state index contributed by atoms with van der Waals surface area (Å²) in [5.74, 6) is 0.673. The largest absolute Gasteiger partial charge is 0.496 e. The van der Waals surface area contributed by atoms with Crippen molar-refractivity contribution >= 4 is 0 Å². The first-order valence-corrected chi connectivity index (χ1v) is 6.29. The fourth-order valence-corrected chi connectivity index (χ4v) is 2.91. The number of nitrogens with two attached hydrogens (primary N) is 1. The topological polar surface area (TPSA) is 35.2 Å². The van der Waals surface area contributed by atoms with E-state index in [1.54, 1.807) is 19.2 Å². The molecule has 0 bridgehead atoms. The van der Waals surface area contributed by atoms with Crippen LogP contribution in [-0.4, -0.2) is 13.7 Å². The van der Waals surface area contributed by atoms with Gasteiger partial charge in [0.25, 0.3) is 6.43 Å². The molecule has 2 N–H and O–H groups in total. The van der Waals surface area contributed by atoms with Gasteiger partial charge in [0.15, 0.2) is 0 Å². The summed E-state index contributed by atoms with van der Waals surface area (Å²) in [6.45, 7) is 0.482. The summed E-state index contributed by atoms with van der Waals surface area (Å²) in [5.41, 5.74) is 6.62. The highest BCUT2D eigenvalue weighted by Gasteiger charge is 2.37. The van der Waals surface area contributed by atoms with E-state index in [9.17, 15) is 8.78 Å². The lowest BCUT2D eigenvalue weighted by atomic mass is 9.78. The maximum atomic E-state index is 12.8. The van der Waals surface area contributed by atoms with Gasteiger partial charge in [0.2, 0.25) is 0 Å². The van der Waals surface area contributed by atoms with Crippen LogP contribution in [0, 0.1) is 0 Å². The first-order valence-electron chi connectivity index (χ1n) is 6.29. The Kier molecular flexibility index (Phi) is 3.85. The number of benzene rings is 1. The third-order valence-corrected chi connectivity index (χ3v) is 4.00. The second-order valence-electron chi connectivity index (χ2n) is 4.95. The van der Waals surface area contributed by atoms with Crippen LogP contribution in [0.15, 0.2) is 18.2 Å². The molecular formula is C14H19F2NO. The SMILES string of the molecule is COc1ccc(C(F)F)cc1C1(CN)CCCC1. The van der Waals surface area contributed by atoms with Crippen LogP contribution in [0.5, 0.6) is 5.75 Å². The van der Waals surface area contributed by atoms with E-state index < -0.39 is 6.43 Å². The molecule has 0 atom stereocenters. The number of rotatable bonds is 4. The summed E-state index contributed by atoms with van der Waals surface area (Å²) < 4.78 is 31.0. The quantitative estimate of drug-likeness (QED) is 0.895. The Morgan fingerprint density at radius 3 is 2.50 bits per heavy atom. The fourth-order valence-electron chi connectivity index (χ4n) is 2.91. The number of hydrogen-bond acceptors (Lipinski definition) is 2. The Labute approximate surface area is 106 Å². The monoisotopic (exact) mass is 255 g/mol. The van der Waals surface area contributed by atoms with Crippen LogP contribution in [0.4, 0.5) is 8.78 Å². The van der Waals surface area contributed by atoms with Gasteiger partial charge < -0.3 is 10.5 Å². The fraction of sp³-hybridized carbons (Fsp3) is 0.571. The van der Waals surface area contributed by atoms with Gasteiger partial charge in [-0.05, 0) is 31.0 Å². The van der Waals surface area contributed by atoms with Gasteiger partial charge in [0, 0.05) is 23.1 Å². The molecule has 1 aliphatic carbocycles. The highest BCUT2D eigenvalue weighted by molar-refractivity contribution is 5.44. The Morgan fingerprint density at radius 1 is 1.33 bits per heavy atom. The van der Waals surface area contributed by atoms with Crippen molar-refractivity contribution in [2.24, 2.45) is 5.73 Å². The molecule has 0 aliphatic heterocycles. The van der Waals surface area contributed by atoms with Crippen molar-refractivity contribution in [2.75, 3.05) is 13.7 Å². The number of alkyl halides is 2. The first kappa shape index (κ1) is 13.3. The number of halogens is 2. The van der Waals surface area contributed by atoms with E-state index in [0.29, 0.717) is 12.3 Å². The summed E-state index contributed by atoms with van der Waals surface area (Å²) in [7, 11) is 1.57. The molecule has 2 nitrogen and oxygen atoms in total. The van der Waals surface area contributed by atoms with Crippen molar-refractivity contribution in [3.05, 3.63) is 29.3 Å². The number of methoxy groups -OCH3 is 1. The minimum atomic E-state index is -2.45. The van der Waals surface area contributed by atoms with Crippen LogP contribution in [0.2, 0.25) is 0 Å². The Morgan fingerprint density at radius 2 is 2.00 bits per heavy atom. The van der Waals surface area contributed by atoms with Crippen LogP contribution < -0.4 is 10.5 Å². The minimum absolute atomic E-state index is 0.0468. The summed E-state index contributed by atoms with van der Waals surface area (Å²) in [6.07, 6.45) is 1.64. The third kappa shape index (κ3) is 2.21. The van der Waals surface area contributed by atoms with Crippen molar-refractivity contribution in [1.82, 2.24) is 0 Å². The molecule has 0 aromatic heterocycles. The molecule has 18 heavy (non-hydrogen) atoms. The van der Waals surface area contributed by atoms with Gasteiger partial charge in [-0.15, -0.1) is 0 Å². The maximum Gasteiger partial charge on any atom is 0.263 e. The Hall–Kier alpha value is -1.16. The summed E-state index contributed by atoms with van der Waals surface area (Å²) in [6, 6.07) is 4.63. The average molecular weight is 255 g/mol. The molecule has 1 aromatic rings. The van der Waals surface area contributed by atoms with Crippen molar-refractivity contribution in [1.29, 1.82) is 0 Å². The maximum absolute atomic E-state index is 12.8. The zero-order valence-electron chi connectivity index (χ0n) is 10.6. The van der Waals surface area contributed by atoms with Gasteiger partial charge in [0.05, 0.1) is 7.11 Å². The molecule has 4 heteroatoms. The molecule has 0 heterocycles. The van der Waals surface area contributed by atoms with Crippen LogP contribution in [0.1, 0.15) is 43.2 Å². The molecule has 2 rings (SSSR count). The Bertz CT molecular complexity index is 414. The van der Waals surface area contributed by atoms with Gasteiger partial charge in [-0.2, -0.15) is 0 Å². The average Bonchev–Trinajstić information content (AvgIpc) is 2.87. The number of ether oxygens (including phenoxy) is 1. The van der Waals surface area contributed by atoms with Crippen LogP contribution >= 0.6 is 0 Å². The predicted molar refractivity (Wildman–Crippen MR) is 67.2 cm³/mol. The van der Waals surface area contributed by atoms with Crippen molar-refractivity contribution in [3.8, 4) is 5.75 Å². The van der Waals surface area contributed by atoms with Gasteiger partial charge >= 0.3 is 0 Å². The van der Waals surface area contributed by atoms with Gasteiger partial charge in [-0.3, -0.25) is 0 Å². The van der Waals surface area contributed by atoms with E-state index in [-0.39, 0.29) is 11.0 Å². The van der Waals surface area contributed by atoms with Crippen molar-refractivity contribution in [3.63, 3.8) is 0 Å². The molecule has 1 saturated carbocycles. The molecule has 0 amide bonds. The molecule has 1 fully saturated rings. The van der Waals surface area contributed by atoms with E-state index >= 15 is 0 Å². The van der Waals surface area contributed by atoms with E-state index in [2.05, 4.69) is 0 Å². The summed E-state index contributed by atoms with van der Waals surface area (Å²) in [5, 5.41) is 0. The lowest BCUT2D eigenvalue weighted by Gasteiger charge is -2.30. The van der Waals surface area contributed by atoms with Crippen LogP contribution in [-0.2, 0) is 5.41 Å². The summed E-state index contributed by atoms with van der Waals surface area (Å²) in [4.78, 5) is 0. The molecule has 1 aromatic carbocycles. The van der Waals surface area contributed by atoms with Gasteiger partial charge in [0.1, 0.15) is 5.75 Å². The first-order chi connectivity index (χ1) is 8.63. The van der Waals surface area contributed by atoms with Crippen molar-refractivity contribution < 1.29 is 13.5 Å². The molecule has 0 spiro atoms. The van der Waals surface area contributed by atoms with Crippen LogP contribution in [0.25, 0.3) is 0 Å². The molecule has 1 aliphatic rings. The zero-order valence-corrected chi connectivity index (χ0v) is 10.6. The normalized spacial score (nSPS) is 18.3. The van der Waals surface area contributed by atoms with E-state index in [4.69, 9.17) is 10.5 Å². The highest BCUT2D eigenvalue weighted by atomic mass is 19.3.